The zero-order valence-corrected chi connectivity index (χ0v) is 21.0. The van der Waals surface area contributed by atoms with Crippen LogP contribution in [0.15, 0.2) is 24.3 Å². The Morgan fingerprint density at radius 3 is 1.69 bits per heavy atom. The Labute approximate surface area is 208 Å². The lowest BCUT2D eigenvalue weighted by Gasteiger charge is -2.23. The van der Waals surface area contributed by atoms with E-state index in [1.54, 1.807) is 0 Å². The highest BCUT2D eigenvalue weighted by Gasteiger charge is 2.29. The number of aromatic carboxylic acids is 1. The third kappa shape index (κ3) is 6.79. The van der Waals surface area contributed by atoms with Gasteiger partial charge in [-0.3, -0.25) is 4.55 Å². The van der Waals surface area contributed by atoms with E-state index in [1.807, 2.05) is 31.4 Å². The quantitative estimate of drug-likeness (QED) is 0.159. The van der Waals surface area contributed by atoms with Gasteiger partial charge in [0.05, 0.1) is 16.7 Å². The Kier molecular flexibility index (Phi) is 9.79. The summed E-state index contributed by atoms with van der Waals surface area (Å²) in [6.07, 6.45) is 2.21. The Balaban J connectivity index is 2.39. The van der Waals surface area contributed by atoms with E-state index in [4.69, 9.17) is 14.0 Å². The summed E-state index contributed by atoms with van der Waals surface area (Å²) in [5.74, 6) is -3.43. The first-order chi connectivity index (χ1) is 16.5. The number of hydrogen-bond acceptors (Lipinski definition) is 7. The topological polar surface area (TPSA) is 144 Å². The molecule has 0 aromatic heterocycles. The highest BCUT2D eigenvalue weighted by atomic mass is 32.2. The second-order valence-corrected chi connectivity index (χ2v) is 9.29. The molecule has 0 aliphatic rings. The van der Waals surface area contributed by atoms with Gasteiger partial charge in [0.15, 0.2) is 0 Å². The van der Waals surface area contributed by atoms with E-state index >= 15 is 0 Å². The molecule has 0 saturated heterocycles. The molecule has 2 aromatic rings. The maximum absolute atomic E-state index is 13.3. The molecule has 182 valence electrons. The van der Waals surface area contributed by atoms with E-state index in [-0.39, 0.29) is 22.4 Å². The van der Waals surface area contributed by atoms with Crippen LogP contribution in [0.4, 0.5) is 0 Å². The number of carboxylic acid groups (broad SMARTS) is 1. The number of carbonyl (C=O) groups excluding carboxylic acids is 2. The molecule has 0 unspecified atom stereocenters. The summed E-state index contributed by atoms with van der Waals surface area (Å²) in [5, 5.41) is 10.0. The second-order valence-electron chi connectivity index (χ2n) is 7.72. The summed E-state index contributed by atoms with van der Waals surface area (Å²) < 4.78 is 40.4. The summed E-state index contributed by atoms with van der Waals surface area (Å²) in [6.45, 7) is -0.514. The van der Waals surface area contributed by atoms with Gasteiger partial charge in [0, 0.05) is 0 Å². The number of ether oxygens (including phenoxy) is 2. The summed E-state index contributed by atoms with van der Waals surface area (Å²) in [4.78, 5) is 37.5. The van der Waals surface area contributed by atoms with E-state index in [0.717, 1.165) is 11.1 Å². The van der Waals surface area contributed by atoms with Gasteiger partial charge in [-0.05, 0) is 46.5 Å². The molecule has 14 heteroatoms. The van der Waals surface area contributed by atoms with Crippen LogP contribution in [0.1, 0.15) is 53.3 Å². The van der Waals surface area contributed by atoms with E-state index in [2.05, 4.69) is 0 Å². The van der Waals surface area contributed by atoms with E-state index in [0.29, 0.717) is 36.4 Å². The van der Waals surface area contributed by atoms with Gasteiger partial charge in [-0.2, -0.15) is 8.42 Å². The van der Waals surface area contributed by atoms with E-state index in [9.17, 15) is 27.9 Å². The minimum absolute atomic E-state index is 0.0394. The molecule has 0 radical (unpaired) electrons. The van der Waals surface area contributed by atoms with Crippen molar-refractivity contribution in [1.82, 2.24) is 0 Å². The minimum atomic E-state index is -4.26. The highest BCUT2D eigenvalue weighted by molar-refractivity contribution is 7.85. The molecular weight excluding hydrogens is 472 g/mol. The van der Waals surface area contributed by atoms with Gasteiger partial charge in [-0.15, -0.1) is 0 Å². The first-order valence-corrected chi connectivity index (χ1v) is 13.0. The summed E-state index contributed by atoms with van der Waals surface area (Å²) in [7, 11) is 3.40. The van der Waals surface area contributed by atoms with Crippen molar-refractivity contribution in [3.63, 3.8) is 0 Å². The first kappa shape index (κ1) is 28.3. The Bertz CT molecular complexity index is 1230. The van der Waals surface area contributed by atoms with Crippen LogP contribution < -0.4 is 4.74 Å². The van der Waals surface area contributed by atoms with E-state index < -0.39 is 40.4 Å². The fraction of sp³-hybridized carbons (Fsp3) is 0.286. The molecule has 0 fully saturated rings. The number of carboxylic acids is 1. The standard InChI is InChI=1S/C21H26B4O9S/c22-7-13-14(8-23)16(10-25)18(17(19(26)27)15(13)9-24)21(29)34-12-3-1-11(2-4-12)20(28)33-5-6-35(30,31)32/h1-4H,5-10,22-25H2,(H,26,27)(H,30,31,32). The van der Waals surface area contributed by atoms with Crippen molar-refractivity contribution in [1.29, 1.82) is 0 Å². The van der Waals surface area contributed by atoms with Crippen molar-refractivity contribution >= 4 is 59.4 Å². The minimum Gasteiger partial charge on any atom is -0.478 e. The molecule has 0 saturated carbocycles. The van der Waals surface area contributed by atoms with Crippen LogP contribution in [0.3, 0.4) is 0 Å². The van der Waals surface area contributed by atoms with Gasteiger partial charge >= 0.3 is 17.9 Å². The maximum atomic E-state index is 13.3. The van der Waals surface area contributed by atoms with Crippen molar-refractivity contribution in [3.05, 3.63) is 63.2 Å². The lowest BCUT2D eigenvalue weighted by atomic mass is 9.72. The van der Waals surface area contributed by atoms with Crippen LogP contribution in [0.2, 0.25) is 0 Å². The first-order valence-electron chi connectivity index (χ1n) is 11.4. The largest absolute Gasteiger partial charge is 0.478 e. The summed E-state index contributed by atoms with van der Waals surface area (Å²) in [6, 6.07) is 5.36. The van der Waals surface area contributed by atoms with Gasteiger partial charge in [-0.25, -0.2) is 14.4 Å². The Morgan fingerprint density at radius 1 is 0.771 bits per heavy atom. The molecule has 0 aliphatic carbocycles. The molecule has 9 nitrogen and oxygen atoms in total. The fourth-order valence-electron chi connectivity index (χ4n) is 4.20. The predicted molar refractivity (Wildman–Crippen MR) is 140 cm³/mol. The number of rotatable bonds is 11. The Hall–Kier alpha value is -2.98. The SMILES string of the molecule is BCc1c(CB)c(CB)c(C(=O)Oc2ccc(C(=O)OCCS(=O)(=O)O)cc2)c(C(=O)O)c1CB. The molecule has 0 spiro atoms. The predicted octanol–water partition coefficient (Wildman–Crippen LogP) is -1.82. The van der Waals surface area contributed by atoms with Crippen LogP contribution in [0.5, 0.6) is 5.75 Å². The van der Waals surface area contributed by atoms with Gasteiger partial charge in [-0.1, -0.05) is 25.3 Å². The molecule has 2 aromatic carbocycles. The third-order valence-corrected chi connectivity index (χ3v) is 6.34. The fourth-order valence-corrected chi connectivity index (χ4v) is 4.50. The molecule has 2 N–H and O–H groups in total. The molecule has 2 rings (SSSR count). The van der Waals surface area contributed by atoms with Crippen molar-refractivity contribution in [2.75, 3.05) is 12.4 Å². The molecular formula is C21H26B4O9S. The number of esters is 2. The summed E-state index contributed by atoms with van der Waals surface area (Å²) >= 11 is 0. The van der Waals surface area contributed by atoms with Gasteiger partial charge in [0.2, 0.25) is 0 Å². The molecule has 0 bridgehead atoms. The molecule has 0 atom stereocenters. The molecule has 35 heavy (non-hydrogen) atoms. The van der Waals surface area contributed by atoms with Crippen LogP contribution >= 0.6 is 0 Å². The van der Waals surface area contributed by atoms with Gasteiger partial charge in [0.25, 0.3) is 10.1 Å². The van der Waals surface area contributed by atoms with E-state index in [1.165, 1.54) is 24.3 Å². The molecule has 0 aliphatic heterocycles. The van der Waals surface area contributed by atoms with Crippen molar-refractivity contribution in [3.8, 4) is 5.75 Å². The van der Waals surface area contributed by atoms with Crippen LogP contribution in [0.25, 0.3) is 0 Å². The molecule has 0 amide bonds. The summed E-state index contributed by atoms with van der Waals surface area (Å²) in [5.41, 5.74) is 3.29. The average molecular weight is 498 g/mol. The zero-order chi connectivity index (χ0) is 26.3. The number of hydrogen-bond donors (Lipinski definition) is 2. The van der Waals surface area contributed by atoms with Gasteiger partial charge < -0.3 is 14.6 Å². The van der Waals surface area contributed by atoms with Crippen molar-refractivity contribution in [2.45, 2.75) is 25.3 Å². The highest BCUT2D eigenvalue weighted by Crippen LogP contribution is 2.31. The number of carbonyl (C=O) groups is 3. The average Bonchev–Trinajstić information content (AvgIpc) is 2.81. The second kappa shape index (κ2) is 12.1. The van der Waals surface area contributed by atoms with Crippen LogP contribution in [-0.2, 0) is 40.1 Å². The van der Waals surface area contributed by atoms with Crippen molar-refractivity contribution in [2.24, 2.45) is 0 Å². The third-order valence-electron chi connectivity index (χ3n) is 5.65. The Morgan fingerprint density at radius 2 is 1.26 bits per heavy atom. The van der Waals surface area contributed by atoms with Crippen LogP contribution in [-0.4, -0.2) is 79.7 Å². The monoisotopic (exact) mass is 498 g/mol. The smallest absolute Gasteiger partial charge is 0.344 e. The lowest BCUT2D eigenvalue weighted by Crippen LogP contribution is -2.23. The van der Waals surface area contributed by atoms with Crippen LogP contribution in [0, 0.1) is 0 Å². The van der Waals surface area contributed by atoms with Crippen molar-refractivity contribution < 1.29 is 41.9 Å². The normalized spacial score (nSPS) is 11.1. The lowest BCUT2D eigenvalue weighted by molar-refractivity contribution is 0.0527. The maximum Gasteiger partial charge on any atom is 0.344 e. The zero-order valence-electron chi connectivity index (χ0n) is 20.2. The van der Waals surface area contributed by atoms with Gasteiger partial charge in [0.1, 0.15) is 49.5 Å². The molecule has 0 heterocycles. The number of benzene rings is 2.